The second kappa shape index (κ2) is 9.12. The lowest BCUT2D eigenvalue weighted by Gasteiger charge is -2.28. The molecule has 3 N–H and O–H groups in total. The molecule has 0 aromatic heterocycles. The molecule has 3 aromatic rings. The second-order valence-electron chi connectivity index (χ2n) is 6.63. The summed E-state index contributed by atoms with van der Waals surface area (Å²) in [5, 5.41) is 3.47. The number of nitrogens with zero attached hydrogens (tertiary/aromatic N) is 1. The molecule has 140 valence electrons. The van der Waals surface area contributed by atoms with E-state index in [1.807, 2.05) is 104 Å². The Morgan fingerprint density at radius 2 is 1.19 bits per heavy atom. The molecule has 0 bridgehead atoms. The molecule has 5 heteroatoms. The first-order valence-electron chi connectivity index (χ1n) is 8.86. The van der Waals surface area contributed by atoms with Gasteiger partial charge in [-0.2, -0.15) is 0 Å². The average Bonchev–Trinajstić information content (AvgIpc) is 2.70. The van der Waals surface area contributed by atoms with Gasteiger partial charge in [0.05, 0.1) is 6.04 Å². The Morgan fingerprint density at radius 1 is 0.704 bits per heavy atom. The lowest BCUT2D eigenvalue weighted by Crippen LogP contribution is -2.26. The molecule has 0 radical (unpaired) electrons. The maximum Gasteiger partial charge on any atom is 0.188 e. The van der Waals surface area contributed by atoms with Crippen molar-refractivity contribution in [3.8, 4) is 0 Å². The minimum absolute atomic E-state index is 0.143. The molecule has 27 heavy (non-hydrogen) atoms. The van der Waals surface area contributed by atoms with Gasteiger partial charge in [0.25, 0.3) is 0 Å². The molecular weight excluding hydrogens is 355 g/mol. The number of anilines is 1. The molecule has 3 rings (SSSR count). The topological polar surface area (TPSA) is 55.7 Å². The normalized spacial score (nSPS) is 12.4. The van der Waals surface area contributed by atoms with Crippen LogP contribution < -0.4 is 10.2 Å². The molecule has 0 aliphatic heterocycles. The van der Waals surface area contributed by atoms with Crippen LogP contribution in [0.3, 0.4) is 0 Å². The number of rotatable bonds is 7. The lowest BCUT2D eigenvalue weighted by molar-refractivity contribution is 0.438. The van der Waals surface area contributed by atoms with E-state index in [1.165, 1.54) is 0 Å². The van der Waals surface area contributed by atoms with Crippen LogP contribution >= 0.6 is 8.38 Å². The van der Waals surface area contributed by atoms with Crippen LogP contribution in [0.2, 0.25) is 0 Å². The number of benzene rings is 3. The van der Waals surface area contributed by atoms with E-state index >= 15 is 0 Å². The van der Waals surface area contributed by atoms with Crippen molar-refractivity contribution >= 4 is 14.1 Å². The van der Waals surface area contributed by atoms with Gasteiger partial charge in [-0.05, 0) is 28.8 Å². The average molecular weight is 380 g/mol. The van der Waals surface area contributed by atoms with Gasteiger partial charge in [0.15, 0.2) is 8.38 Å². The third kappa shape index (κ3) is 4.94. The molecule has 0 amide bonds. The Labute approximate surface area is 162 Å². The van der Waals surface area contributed by atoms with Gasteiger partial charge >= 0.3 is 0 Å². The molecule has 0 aliphatic rings. The zero-order valence-corrected chi connectivity index (χ0v) is 16.4. The fourth-order valence-electron chi connectivity index (χ4n) is 3.08. The maximum atomic E-state index is 10.1. The highest BCUT2D eigenvalue weighted by Crippen LogP contribution is 2.44. The lowest BCUT2D eigenvalue weighted by atomic mass is 9.98. The van der Waals surface area contributed by atoms with E-state index in [2.05, 4.69) is 5.32 Å². The van der Waals surface area contributed by atoms with Gasteiger partial charge in [-0.1, -0.05) is 72.8 Å². The number of nitrogens with one attached hydrogen (secondary N) is 1. The van der Waals surface area contributed by atoms with Crippen molar-refractivity contribution < 1.29 is 9.79 Å². The van der Waals surface area contributed by atoms with Crippen molar-refractivity contribution in [1.29, 1.82) is 0 Å². The van der Waals surface area contributed by atoms with Crippen LogP contribution in [0.4, 0.5) is 5.69 Å². The Morgan fingerprint density at radius 3 is 1.59 bits per heavy atom. The van der Waals surface area contributed by atoms with E-state index < -0.39 is 14.2 Å². The third-order valence-electron chi connectivity index (χ3n) is 4.55. The largest absolute Gasteiger partial charge is 0.378 e. The second-order valence-corrected chi connectivity index (χ2v) is 7.79. The Bertz CT molecular complexity index is 784. The van der Waals surface area contributed by atoms with Crippen molar-refractivity contribution in [3.05, 3.63) is 102 Å². The summed E-state index contributed by atoms with van der Waals surface area (Å²) >= 11 is 0. The van der Waals surface area contributed by atoms with Gasteiger partial charge in [-0.15, -0.1) is 0 Å². The quantitative estimate of drug-likeness (QED) is 0.531. The number of hydrogen-bond donors (Lipinski definition) is 3. The fraction of sp³-hybridized carbons (Fsp3) is 0.182. The van der Waals surface area contributed by atoms with Crippen molar-refractivity contribution in [2.75, 3.05) is 19.0 Å². The van der Waals surface area contributed by atoms with E-state index in [0.29, 0.717) is 0 Å². The minimum Gasteiger partial charge on any atom is -0.378 e. The van der Waals surface area contributed by atoms with Crippen LogP contribution in [0.5, 0.6) is 0 Å². The first-order chi connectivity index (χ1) is 13.1. The first-order valence-corrected chi connectivity index (χ1v) is 10.2. The van der Waals surface area contributed by atoms with Crippen LogP contribution in [0, 0.1) is 0 Å². The molecule has 1 unspecified atom stereocenters. The summed E-state index contributed by atoms with van der Waals surface area (Å²) in [5.41, 5.74) is 4.08. The van der Waals surface area contributed by atoms with Gasteiger partial charge in [0.1, 0.15) is 5.78 Å². The van der Waals surface area contributed by atoms with Gasteiger partial charge in [0.2, 0.25) is 0 Å². The van der Waals surface area contributed by atoms with Gasteiger partial charge in [-0.3, -0.25) is 5.32 Å². The molecule has 0 saturated heterocycles. The highest BCUT2D eigenvalue weighted by atomic mass is 31.2. The zero-order chi connectivity index (χ0) is 19.2. The first kappa shape index (κ1) is 19.5. The molecule has 0 fully saturated rings. The molecule has 0 heterocycles. The van der Waals surface area contributed by atoms with Crippen molar-refractivity contribution in [2.45, 2.75) is 11.8 Å². The standard InChI is InChI=1S/C22H25N2O2P/c1-24(2)20-15-13-19(14-16-20)22(27(25)26)23-21(17-9-5-3-6-10-17)18-11-7-4-8-12-18/h3-16,21-23,25-26H,1-2H3. The highest BCUT2D eigenvalue weighted by molar-refractivity contribution is 7.45. The summed E-state index contributed by atoms with van der Waals surface area (Å²) < 4.78 is 0. The minimum atomic E-state index is -2.20. The van der Waals surface area contributed by atoms with E-state index in [1.54, 1.807) is 0 Å². The molecular formula is C22H25N2O2P. The summed E-state index contributed by atoms with van der Waals surface area (Å²) in [6.45, 7) is 0. The fourth-order valence-corrected chi connectivity index (χ4v) is 3.81. The van der Waals surface area contributed by atoms with E-state index in [9.17, 15) is 9.79 Å². The maximum absolute atomic E-state index is 10.1. The summed E-state index contributed by atoms with van der Waals surface area (Å²) in [4.78, 5) is 22.3. The summed E-state index contributed by atoms with van der Waals surface area (Å²) in [5.74, 6) is -0.554. The predicted octanol–water partition coefficient (Wildman–Crippen LogP) is 4.43. The Kier molecular flexibility index (Phi) is 6.59. The Balaban J connectivity index is 1.94. The van der Waals surface area contributed by atoms with Crippen LogP contribution in [0.1, 0.15) is 28.5 Å². The molecule has 0 aliphatic carbocycles. The molecule has 4 nitrogen and oxygen atoms in total. The van der Waals surface area contributed by atoms with Crippen LogP contribution in [0.25, 0.3) is 0 Å². The number of hydrogen-bond acceptors (Lipinski definition) is 4. The zero-order valence-electron chi connectivity index (χ0n) is 15.5. The van der Waals surface area contributed by atoms with Crippen LogP contribution in [-0.4, -0.2) is 23.9 Å². The molecule has 0 saturated carbocycles. The van der Waals surface area contributed by atoms with E-state index in [0.717, 1.165) is 22.4 Å². The van der Waals surface area contributed by atoms with Gasteiger partial charge in [-0.25, -0.2) is 0 Å². The summed E-state index contributed by atoms with van der Waals surface area (Å²) in [6.07, 6.45) is 0. The van der Waals surface area contributed by atoms with Crippen molar-refractivity contribution in [2.24, 2.45) is 0 Å². The van der Waals surface area contributed by atoms with Crippen molar-refractivity contribution in [1.82, 2.24) is 5.32 Å². The monoisotopic (exact) mass is 380 g/mol. The van der Waals surface area contributed by atoms with Crippen LogP contribution in [0.15, 0.2) is 84.9 Å². The van der Waals surface area contributed by atoms with Gasteiger partial charge in [0, 0.05) is 19.8 Å². The summed E-state index contributed by atoms with van der Waals surface area (Å²) in [6, 6.07) is 27.9. The van der Waals surface area contributed by atoms with E-state index in [-0.39, 0.29) is 6.04 Å². The third-order valence-corrected chi connectivity index (χ3v) is 5.46. The molecule has 0 spiro atoms. The SMILES string of the molecule is CN(C)c1ccc(C(NC(c2ccccc2)c2ccccc2)P(O)O)cc1. The molecule has 1 atom stereocenters. The predicted molar refractivity (Wildman–Crippen MR) is 113 cm³/mol. The van der Waals surface area contributed by atoms with Crippen molar-refractivity contribution in [3.63, 3.8) is 0 Å². The highest BCUT2D eigenvalue weighted by Gasteiger charge is 2.25. The van der Waals surface area contributed by atoms with Gasteiger partial charge < -0.3 is 14.7 Å². The Hall–Kier alpha value is -2.23. The van der Waals surface area contributed by atoms with Crippen LogP contribution in [-0.2, 0) is 0 Å². The van der Waals surface area contributed by atoms with E-state index in [4.69, 9.17) is 0 Å². The smallest absolute Gasteiger partial charge is 0.188 e. The molecule has 3 aromatic carbocycles. The summed E-state index contributed by atoms with van der Waals surface area (Å²) in [7, 11) is 1.76.